The lowest BCUT2D eigenvalue weighted by Gasteiger charge is -2.36. The van der Waals surface area contributed by atoms with Crippen LogP contribution in [0.2, 0.25) is 0 Å². The molecule has 2 aliphatic rings. The van der Waals surface area contributed by atoms with Gasteiger partial charge in [0.25, 0.3) is 0 Å². The first kappa shape index (κ1) is 12.9. The van der Waals surface area contributed by atoms with Gasteiger partial charge in [0.15, 0.2) is 0 Å². The van der Waals surface area contributed by atoms with E-state index in [1.807, 2.05) is 0 Å². The first-order chi connectivity index (χ1) is 8.16. The Labute approximate surface area is 106 Å². The van der Waals surface area contributed by atoms with Crippen molar-refractivity contribution in [3.8, 4) is 0 Å². The van der Waals surface area contributed by atoms with Gasteiger partial charge in [-0.3, -0.25) is 5.41 Å². The SMILES string of the molecule is CC(C)C(=N)N1CCC(CN2CCCC2)CC1. The first-order valence-electron chi connectivity index (χ1n) is 7.22. The maximum absolute atomic E-state index is 8.04. The third kappa shape index (κ3) is 3.44. The number of likely N-dealkylation sites (tertiary alicyclic amines) is 2. The van der Waals surface area contributed by atoms with Crippen molar-refractivity contribution < 1.29 is 0 Å². The largest absolute Gasteiger partial charge is 0.360 e. The molecule has 0 spiro atoms. The van der Waals surface area contributed by atoms with E-state index in [1.54, 1.807) is 0 Å². The van der Waals surface area contributed by atoms with E-state index in [0.717, 1.165) is 24.8 Å². The lowest BCUT2D eigenvalue weighted by Crippen LogP contribution is -2.42. The summed E-state index contributed by atoms with van der Waals surface area (Å²) in [5.74, 6) is 2.10. The second kappa shape index (κ2) is 5.85. The Morgan fingerprint density at radius 3 is 2.24 bits per heavy atom. The molecule has 0 unspecified atom stereocenters. The van der Waals surface area contributed by atoms with Gasteiger partial charge in [-0.2, -0.15) is 0 Å². The average Bonchev–Trinajstić information content (AvgIpc) is 2.82. The van der Waals surface area contributed by atoms with E-state index < -0.39 is 0 Å². The van der Waals surface area contributed by atoms with E-state index >= 15 is 0 Å². The molecule has 0 radical (unpaired) electrons. The highest BCUT2D eigenvalue weighted by Gasteiger charge is 2.24. The standard InChI is InChI=1S/C14H27N3/c1-12(2)14(15)17-9-5-13(6-10-17)11-16-7-3-4-8-16/h12-13,15H,3-11H2,1-2H3. The van der Waals surface area contributed by atoms with Gasteiger partial charge in [0.2, 0.25) is 0 Å². The Bertz CT molecular complexity index is 248. The monoisotopic (exact) mass is 237 g/mol. The van der Waals surface area contributed by atoms with Crippen LogP contribution in [0.25, 0.3) is 0 Å². The fourth-order valence-corrected chi connectivity index (χ4v) is 3.05. The van der Waals surface area contributed by atoms with E-state index in [-0.39, 0.29) is 0 Å². The van der Waals surface area contributed by atoms with Crippen LogP contribution in [0.15, 0.2) is 0 Å². The highest BCUT2D eigenvalue weighted by atomic mass is 15.2. The number of hydrogen-bond acceptors (Lipinski definition) is 2. The van der Waals surface area contributed by atoms with Crippen LogP contribution < -0.4 is 0 Å². The van der Waals surface area contributed by atoms with Crippen LogP contribution in [0.5, 0.6) is 0 Å². The molecule has 17 heavy (non-hydrogen) atoms. The van der Waals surface area contributed by atoms with Crippen LogP contribution in [0.1, 0.15) is 39.5 Å². The number of nitrogens with one attached hydrogen (secondary N) is 1. The normalized spacial score (nSPS) is 23.6. The zero-order valence-corrected chi connectivity index (χ0v) is 11.4. The van der Waals surface area contributed by atoms with Gasteiger partial charge in [0.05, 0.1) is 5.84 Å². The number of rotatable bonds is 3. The van der Waals surface area contributed by atoms with E-state index in [2.05, 4.69) is 23.6 Å². The van der Waals surface area contributed by atoms with Crippen LogP contribution in [0.4, 0.5) is 0 Å². The molecule has 2 heterocycles. The molecular formula is C14H27N3. The van der Waals surface area contributed by atoms with Gasteiger partial charge < -0.3 is 9.80 Å². The molecule has 3 nitrogen and oxygen atoms in total. The quantitative estimate of drug-likeness (QED) is 0.603. The fourth-order valence-electron chi connectivity index (χ4n) is 3.05. The lowest BCUT2D eigenvalue weighted by atomic mass is 9.95. The van der Waals surface area contributed by atoms with Crippen molar-refractivity contribution in [2.75, 3.05) is 32.7 Å². The Kier molecular flexibility index (Phi) is 4.43. The van der Waals surface area contributed by atoms with Crippen molar-refractivity contribution in [3.05, 3.63) is 0 Å². The Hall–Kier alpha value is -0.570. The summed E-state index contributed by atoms with van der Waals surface area (Å²) in [5, 5.41) is 8.04. The second-order valence-electron chi connectivity index (χ2n) is 5.98. The molecule has 2 rings (SSSR count). The zero-order valence-electron chi connectivity index (χ0n) is 11.4. The van der Waals surface area contributed by atoms with Gasteiger partial charge in [-0.1, -0.05) is 13.8 Å². The van der Waals surface area contributed by atoms with E-state index in [1.165, 1.54) is 45.3 Å². The summed E-state index contributed by atoms with van der Waals surface area (Å²) >= 11 is 0. The minimum atomic E-state index is 0.380. The third-order valence-electron chi connectivity index (χ3n) is 4.22. The molecule has 98 valence electrons. The van der Waals surface area contributed by atoms with Crippen molar-refractivity contribution in [2.24, 2.45) is 11.8 Å². The maximum Gasteiger partial charge on any atom is 0.0983 e. The summed E-state index contributed by atoms with van der Waals surface area (Å²) in [6.45, 7) is 10.4. The smallest absolute Gasteiger partial charge is 0.0983 e. The molecule has 2 saturated heterocycles. The van der Waals surface area contributed by atoms with Gasteiger partial charge in [-0.05, 0) is 44.7 Å². The van der Waals surface area contributed by atoms with Crippen LogP contribution in [-0.2, 0) is 0 Å². The molecule has 3 heteroatoms. The number of amidine groups is 1. The van der Waals surface area contributed by atoms with Gasteiger partial charge in [0, 0.05) is 25.6 Å². The molecule has 2 aliphatic heterocycles. The van der Waals surface area contributed by atoms with Gasteiger partial charge >= 0.3 is 0 Å². The highest BCUT2D eigenvalue weighted by Crippen LogP contribution is 2.21. The molecule has 0 aromatic carbocycles. The van der Waals surface area contributed by atoms with E-state index in [9.17, 15) is 0 Å². The van der Waals surface area contributed by atoms with Crippen molar-refractivity contribution in [1.29, 1.82) is 5.41 Å². The molecule has 0 atom stereocenters. The number of nitrogens with zero attached hydrogens (tertiary/aromatic N) is 2. The highest BCUT2D eigenvalue weighted by molar-refractivity contribution is 5.81. The van der Waals surface area contributed by atoms with Crippen LogP contribution in [0, 0.1) is 17.2 Å². The predicted molar refractivity (Wildman–Crippen MR) is 72.5 cm³/mol. The zero-order chi connectivity index (χ0) is 12.3. The van der Waals surface area contributed by atoms with Crippen LogP contribution >= 0.6 is 0 Å². The number of piperidine rings is 1. The summed E-state index contributed by atoms with van der Waals surface area (Å²) in [7, 11) is 0. The summed E-state index contributed by atoms with van der Waals surface area (Å²) in [5.41, 5.74) is 0. The minimum Gasteiger partial charge on any atom is -0.360 e. The van der Waals surface area contributed by atoms with Gasteiger partial charge in [-0.25, -0.2) is 0 Å². The van der Waals surface area contributed by atoms with Gasteiger partial charge in [-0.15, -0.1) is 0 Å². The molecule has 0 saturated carbocycles. The molecular weight excluding hydrogens is 210 g/mol. The molecule has 0 aromatic heterocycles. The van der Waals surface area contributed by atoms with E-state index in [4.69, 9.17) is 5.41 Å². The summed E-state index contributed by atoms with van der Waals surface area (Å²) in [6.07, 6.45) is 5.37. The Balaban J connectivity index is 1.72. The molecule has 2 fully saturated rings. The average molecular weight is 237 g/mol. The van der Waals surface area contributed by atoms with Gasteiger partial charge in [0.1, 0.15) is 0 Å². The predicted octanol–water partition coefficient (Wildman–Crippen LogP) is 2.43. The lowest BCUT2D eigenvalue weighted by molar-refractivity contribution is 0.197. The molecule has 1 N–H and O–H groups in total. The Morgan fingerprint density at radius 1 is 1.12 bits per heavy atom. The van der Waals surface area contributed by atoms with Crippen molar-refractivity contribution in [2.45, 2.75) is 39.5 Å². The van der Waals surface area contributed by atoms with Crippen LogP contribution in [0.3, 0.4) is 0 Å². The maximum atomic E-state index is 8.04. The first-order valence-corrected chi connectivity index (χ1v) is 7.22. The van der Waals surface area contributed by atoms with Crippen molar-refractivity contribution in [1.82, 2.24) is 9.80 Å². The summed E-state index contributed by atoms with van der Waals surface area (Å²) in [6, 6.07) is 0. The molecule has 0 bridgehead atoms. The fraction of sp³-hybridized carbons (Fsp3) is 0.929. The summed E-state index contributed by atoms with van der Waals surface area (Å²) < 4.78 is 0. The second-order valence-corrected chi connectivity index (χ2v) is 5.98. The van der Waals surface area contributed by atoms with E-state index in [0.29, 0.717) is 5.92 Å². The Morgan fingerprint density at radius 2 is 1.71 bits per heavy atom. The van der Waals surface area contributed by atoms with Crippen LogP contribution in [-0.4, -0.2) is 48.4 Å². The molecule has 0 amide bonds. The molecule has 0 aliphatic carbocycles. The topological polar surface area (TPSA) is 30.3 Å². The summed E-state index contributed by atoms with van der Waals surface area (Å²) in [4.78, 5) is 4.92. The molecule has 0 aromatic rings. The van der Waals surface area contributed by atoms with Crippen molar-refractivity contribution in [3.63, 3.8) is 0 Å². The third-order valence-corrected chi connectivity index (χ3v) is 4.22. The van der Waals surface area contributed by atoms with Crippen molar-refractivity contribution >= 4 is 5.84 Å². The number of hydrogen-bond donors (Lipinski definition) is 1. The minimum absolute atomic E-state index is 0.380.